The fourth-order valence-corrected chi connectivity index (χ4v) is 3.64. The normalized spacial score (nSPS) is 15.2. The molecule has 0 spiro atoms. The predicted octanol–water partition coefficient (Wildman–Crippen LogP) is 1.21. The van der Waals surface area contributed by atoms with Gasteiger partial charge in [0.25, 0.3) is 0 Å². The number of anilines is 1. The molecule has 2 aromatic rings. The van der Waals surface area contributed by atoms with Crippen molar-refractivity contribution in [1.29, 1.82) is 0 Å². The number of benzene rings is 1. The number of hydrogen-bond acceptors (Lipinski definition) is 6. The van der Waals surface area contributed by atoms with E-state index in [9.17, 15) is 17.2 Å². The van der Waals surface area contributed by atoms with Gasteiger partial charge in [-0.05, 0) is 23.8 Å². The van der Waals surface area contributed by atoms with E-state index in [1.165, 1.54) is 0 Å². The highest BCUT2D eigenvalue weighted by Gasteiger charge is 2.16. The second-order valence-electron chi connectivity index (χ2n) is 5.79. The lowest BCUT2D eigenvalue weighted by Gasteiger charge is -2.27. The van der Waals surface area contributed by atoms with Crippen molar-refractivity contribution in [3.05, 3.63) is 53.5 Å². The summed E-state index contributed by atoms with van der Waals surface area (Å²) in [5.74, 6) is -1.17. The van der Waals surface area contributed by atoms with Crippen molar-refractivity contribution in [1.82, 2.24) is 14.7 Å². The summed E-state index contributed by atoms with van der Waals surface area (Å²) in [6.45, 7) is 2.51. The van der Waals surface area contributed by atoms with E-state index in [1.54, 1.807) is 12.3 Å². The number of sulfonamides is 1. The summed E-state index contributed by atoms with van der Waals surface area (Å²) in [5, 5.41) is 0. The number of hydrogen-bond donors (Lipinski definition) is 1. The van der Waals surface area contributed by atoms with E-state index in [2.05, 4.69) is 14.7 Å². The van der Waals surface area contributed by atoms with Crippen molar-refractivity contribution >= 4 is 15.8 Å². The average molecular weight is 384 g/mol. The molecule has 1 fully saturated rings. The SMILES string of the molecule is O=S(=O)(Cc1cc(F)cc(F)c1)NCc1nccc(N2CCOCC2)n1. The number of halogens is 2. The molecule has 1 aromatic heterocycles. The molecule has 0 aliphatic carbocycles. The third-order valence-corrected chi connectivity index (χ3v) is 5.05. The summed E-state index contributed by atoms with van der Waals surface area (Å²) >= 11 is 0. The molecule has 1 aromatic carbocycles. The van der Waals surface area contributed by atoms with Crippen LogP contribution in [-0.4, -0.2) is 44.7 Å². The van der Waals surface area contributed by atoms with Crippen LogP contribution in [0.2, 0.25) is 0 Å². The number of rotatable bonds is 6. The molecule has 0 bridgehead atoms. The Morgan fingerprint density at radius 1 is 1.15 bits per heavy atom. The Labute approximate surface area is 150 Å². The summed E-state index contributed by atoms with van der Waals surface area (Å²) in [5.41, 5.74) is 0.0259. The Hall–Kier alpha value is -2.17. The van der Waals surface area contributed by atoms with Gasteiger partial charge in [0.1, 0.15) is 23.3 Å². The monoisotopic (exact) mass is 384 g/mol. The van der Waals surface area contributed by atoms with Gasteiger partial charge in [-0.3, -0.25) is 0 Å². The van der Waals surface area contributed by atoms with Crippen molar-refractivity contribution in [2.75, 3.05) is 31.2 Å². The molecule has 3 rings (SSSR count). The van der Waals surface area contributed by atoms with Crippen molar-refractivity contribution in [3.8, 4) is 0 Å². The third-order valence-electron chi connectivity index (χ3n) is 3.76. The van der Waals surface area contributed by atoms with Gasteiger partial charge in [-0.25, -0.2) is 31.9 Å². The fourth-order valence-electron chi connectivity index (χ4n) is 2.58. The van der Waals surface area contributed by atoms with Gasteiger partial charge in [0.05, 0.1) is 25.5 Å². The minimum Gasteiger partial charge on any atom is -0.378 e. The highest BCUT2D eigenvalue weighted by molar-refractivity contribution is 7.88. The molecule has 1 N–H and O–H groups in total. The number of morpholine rings is 1. The first-order valence-corrected chi connectivity index (χ1v) is 9.63. The largest absolute Gasteiger partial charge is 0.378 e. The number of nitrogens with one attached hydrogen (secondary N) is 1. The maximum atomic E-state index is 13.2. The van der Waals surface area contributed by atoms with Crippen molar-refractivity contribution in [3.63, 3.8) is 0 Å². The van der Waals surface area contributed by atoms with Crippen LogP contribution in [-0.2, 0) is 27.1 Å². The highest BCUT2D eigenvalue weighted by Crippen LogP contribution is 2.13. The summed E-state index contributed by atoms with van der Waals surface area (Å²) in [6, 6.07) is 4.41. The minimum atomic E-state index is -3.80. The van der Waals surface area contributed by atoms with E-state index in [4.69, 9.17) is 4.74 Å². The first-order valence-electron chi connectivity index (χ1n) is 7.98. The number of aromatic nitrogens is 2. The lowest BCUT2D eigenvalue weighted by Crippen LogP contribution is -2.37. The van der Waals surface area contributed by atoms with Crippen molar-refractivity contribution in [2.24, 2.45) is 0 Å². The molecule has 140 valence electrons. The molecular weight excluding hydrogens is 366 g/mol. The zero-order valence-corrected chi connectivity index (χ0v) is 14.7. The molecule has 0 saturated carbocycles. The molecule has 0 radical (unpaired) electrons. The van der Waals surface area contributed by atoms with Gasteiger partial charge in [0, 0.05) is 25.4 Å². The van der Waals surface area contributed by atoms with Gasteiger partial charge in [-0.15, -0.1) is 0 Å². The lowest BCUT2D eigenvalue weighted by atomic mass is 10.2. The molecule has 0 amide bonds. The van der Waals surface area contributed by atoms with Crippen LogP contribution in [0, 0.1) is 11.6 Å². The second-order valence-corrected chi connectivity index (χ2v) is 7.60. The van der Waals surface area contributed by atoms with Gasteiger partial charge in [-0.2, -0.15) is 0 Å². The molecular formula is C16H18F2N4O3S. The standard InChI is InChI=1S/C16H18F2N4O3S/c17-13-7-12(8-14(18)9-13)11-26(23,24)20-10-15-19-2-1-16(21-15)22-3-5-25-6-4-22/h1-2,7-9,20H,3-6,10-11H2. The lowest BCUT2D eigenvalue weighted by molar-refractivity contribution is 0.122. The average Bonchev–Trinajstić information content (AvgIpc) is 2.60. The van der Waals surface area contributed by atoms with Gasteiger partial charge in [-0.1, -0.05) is 0 Å². The van der Waals surface area contributed by atoms with Crippen LogP contribution in [0.15, 0.2) is 30.5 Å². The van der Waals surface area contributed by atoms with Crippen LogP contribution in [0.25, 0.3) is 0 Å². The summed E-state index contributed by atoms with van der Waals surface area (Å²) in [7, 11) is -3.80. The van der Waals surface area contributed by atoms with E-state index in [-0.39, 0.29) is 12.1 Å². The van der Waals surface area contributed by atoms with Crippen LogP contribution >= 0.6 is 0 Å². The van der Waals surface area contributed by atoms with E-state index in [0.717, 1.165) is 12.1 Å². The Bertz CT molecular complexity index is 853. The molecule has 1 saturated heterocycles. The van der Waals surface area contributed by atoms with Crippen LogP contribution in [0.4, 0.5) is 14.6 Å². The zero-order chi connectivity index (χ0) is 18.6. The van der Waals surface area contributed by atoms with Gasteiger partial charge in [0.2, 0.25) is 10.0 Å². The summed E-state index contributed by atoms with van der Waals surface area (Å²) in [6.07, 6.45) is 1.56. The zero-order valence-electron chi connectivity index (χ0n) is 13.9. The summed E-state index contributed by atoms with van der Waals surface area (Å²) in [4.78, 5) is 10.4. The van der Waals surface area contributed by atoms with Crippen molar-refractivity contribution in [2.45, 2.75) is 12.3 Å². The van der Waals surface area contributed by atoms with Crippen LogP contribution < -0.4 is 9.62 Å². The number of nitrogens with zero attached hydrogens (tertiary/aromatic N) is 3. The van der Waals surface area contributed by atoms with Crippen LogP contribution in [0.3, 0.4) is 0 Å². The third kappa shape index (κ3) is 5.16. The van der Waals surface area contributed by atoms with E-state index >= 15 is 0 Å². The van der Waals surface area contributed by atoms with Crippen LogP contribution in [0.1, 0.15) is 11.4 Å². The smallest absolute Gasteiger partial charge is 0.216 e. The first kappa shape index (κ1) is 18.6. The molecule has 26 heavy (non-hydrogen) atoms. The van der Waals surface area contributed by atoms with Crippen LogP contribution in [0.5, 0.6) is 0 Å². The quantitative estimate of drug-likeness (QED) is 0.806. The fraction of sp³-hybridized carbons (Fsp3) is 0.375. The predicted molar refractivity (Wildman–Crippen MR) is 90.9 cm³/mol. The molecule has 1 aliphatic heterocycles. The van der Waals surface area contributed by atoms with E-state index in [1.807, 2.05) is 4.90 Å². The molecule has 1 aliphatic rings. The molecule has 0 unspecified atom stereocenters. The maximum absolute atomic E-state index is 13.2. The van der Waals surface area contributed by atoms with Gasteiger partial charge in [0.15, 0.2) is 0 Å². The molecule has 7 nitrogen and oxygen atoms in total. The maximum Gasteiger partial charge on any atom is 0.216 e. The molecule has 2 heterocycles. The van der Waals surface area contributed by atoms with Crippen molar-refractivity contribution < 1.29 is 21.9 Å². The Balaban J connectivity index is 1.64. The Morgan fingerprint density at radius 2 is 1.85 bits per heavy atom. The second kappa shape index (κ2) is 8.02. The van der Waals surface area contributed by atoms with E-state index < -0.39 is 27.4 Å². The molecule has 10 heteroatoms. The Morgan fingerprint density at radius 3 is 2.54 bits per heavy atom. The number of ether oxygens (including phenoxy) is 1. The minimum absolute atomic E-state index is 0.0259. The highest BCUT2D eigenvalue weighted by atomic mass is 32.2. The first-order chi connectivity index (χ1) is 12.4. The van der Waals surface area contributed by atoms with E-state index in [0.29, 0.717) is 44.0 Å². The van der Waals surface area contributed by atoms with Gasteiger partial charge >= 0.3 is 0 Å². The topological polar surface area (TPSA) is 84.4 Å². The van der Waals surface area contributed by atoms with Gasteiger partial charge < -0.3 is 9.64 Å². The summed E-state index contributed by atoms with van der Waals surface area (Å²) < 4.78 is 58.3. The molecule has 0 atom stereocenters. The Kier molecular flexibility index (Phi) is 5.74.